The minimum Gasteiger partial charge on any atom is -0.493 e. The van der Waals surface area contributed by atoms with E-state index in [2.05, 4.69) is 4.98 Å². The van der Waals surface area contributed by atoms with Gasteiger partial charge in [-0.2, -0.15) is 0 Å². The molecule has 1 aromatic heterocycles. The molecule has 1 aromatic carbocycles. The average molecular weight is 288 g/mol. The number of nitrogens with zero attached hydrogens (tertiary/aromatic N) is 1. The van der Waals surface area contributed by atoms with Crippen LogP contribution in [0, 0.1) is 0 Å². The van der Waals surface area contributed by atoms with Gasteiger partial charge >= 0.3 is 0 Å². The van der Waals surface area contributed by atoms with Crippen molar-refractivity contribution in [1.29, 1.82) is 0 Å². The Morgan fingerprint density at radius 3 is 2.62 bits per heavy atom. The van der Waals surface area contributed by atoms with E-state index < -0.39 is 0 Å². The summed E-state index contributed by atoms with van der Waals surface area (Å²) in [7, 11) is 3.19. The Hall–Kier alpha value is -2.27. The Morgan fingerprint density at radius 1 is 1.10 bits per heavy atom. The Labute approximate surface area is 124 Å². The van der Waals surface area contributed by atoms with Gasteiger partial charge in [0.15, 0.2) is 11.5 Å². The van der Waals surface area contributed by atoms with Crippen molar-refractivity contribution in [2.45, 2.75) is 13.0 Å². The number of rotatable bonds is 7. The van der Waals surface area contributed by atoms with Crippen LogP contribution in [-0.4, -0.2) is 25.8 Å². The summed E-state index contributed by atoms with van der Waals surface area (Å²) in [5.74, 6) is 1.26. The minimum atomic E-state index is 0.368. The summed E-state index contributed by atoms with van der Waals surface area (Å²) in [5.41, 5.74) is 8.49. The molecule has 0 fully saturated rings. The van der Waals surface area contributed by atoms with Crippen molar-refractivity contribution >= 4 is 5.69 Å². The molecule has 0 radical (unpaired) electrons. The number of nitrogen functional groups attached to an aromatic ring is 1. The van der Waals surface area contributed by atoms with Gasteiger partial charge in [-0.25, -0.2) is 0 Å². The first-order valence-corrected chi connectivity index (χ1v) is 6.73. The van der Waals surface area contributed by atoms with Crippen LogP contribution in [0.15, 0.2) is 36.5 Å². The molecule has 0 aliphatic rings. The van der Waals surface area contributed by atoms with Crippen LogP contribution in [0.5, 0.6) is 11.5 Å². The molecule has 0 atom stereocenters. The molecule has 0 saturated heterocycles. The third-order valence-electron chi connectivity index (χ3n) is 3.18. The van der Waals surface area contributed by atoms with E-state index in [1.807, 2.05) is 24.3 Å². The summed E-state index contributed by atoms with van der Waals surface area (Å²) in [4.78, 5) is 4.27. The number of hydrogen-bond acceptors (Lipinski definition) is 5. The lowest BCUT2D eigenvalue weighted by Crippen LogP contribution is -2.04. The molecular formula is C16H20N2O3. The molecule has 0 bridgehead atoms. The largest absolute Gasteiger partial charge is 0.493 e. The Bertz CT molecular complexity index is 587. The Kier molecular flexibility index (Phi) is 5.40. The lowest BCUT2D eigenvalue weighted by atomic mass is 10.1. The molecule has 21 heavy (non-hydrogen) atoms. The highest BCUT2D eigenvalue weighted by molar-refractivity contribution is 5.46. The monoisotopic (exact) mass is 288 g/mol. The van der Waals surface area contributed by atoms with Crippen molar-refractivity contribution in [2.24, 2.45) is 0 Å². The third kappa shape index (κ3) is 3.86. The standard InChI is InChI=1S/C16H20N2O3/c1-19-15-7-9-18-14(16(15)20-2)11-21-10-8-12-5-3-4-6-13(12)17/h3-7,9H,8,10-11,17H2,1-2H3. The summed E-state index contributed by atoms with van der Waals surface area (Å²) in [6.45, 7) is 0.934. The molecule has 0 amide bonds. The van der Waals surface area contributed by atoms with E-state index in [1.165, 1.54) is 0 Å². The number of methoxy groups -OCH3 is 2. The molecule has 5 nitrogen and oxygen atoms in total. The van der Waals surface area contributed by atoms with Crippen molar-refractivity contribution in [2.75, 3.05) is 26.6 Å². The number of para-hydroxylation sites is 1. The van der Waals surface area contributed by atoms with Crippen LogP contribution in [0.3, 0.4) is 0 Å². The maximum Gasteiger partial charge on any atom is 0.184 e. The van der Waals surface area contributed by atoms with Gasteiger partial charge in [-0.15, -0.1) is 0 Å². The summed E-state index contributed by atoms with van der Waals surface area (Å²) in [6.07, 6.45) is 2.44. The van der Waals surface area contributed by atoms with Gasteiger partial charge in [0.1, 0.15) is 5.69 Å². The van der Waals surface area contributed by atoms with E-state index in [1.54, 1.807) is 26.5 Å². The van der Waals surface area contributed by atoms with E-state index in [9.17, 15) is 0 Å². The van der Waals surface area contributed by atoms with Crippen molar-refractivity contribution in [3.8, 4) is 11.5 Å². The highest BCUT2D eigenvalue weighted by atomic mass is 16.5. The number of benzene rings is 1. The van der Waals surface area contributed by atoms with Gasteiger partial charge in [-0.05, 0) is 18.1 Å². The van der Waals surface area contributed by atoms with Crippen LogP contribution in [0.1, 0.15) is 11.3 Å². The lowest BCUT2D eigenvalue weighted by molar-refractivity contribution is 0.118. The van der Waals surface area contributed by atoms with Gasteiger partial charge in [0, 0.05) is 18.0 Å². The second-order valence-corrected chi connectivity index (χ2v) is 4.49. The van der Waals surface area contributed by atoms with E-state index in [4.69, 9.17) is 19.9 Å². The molecular weight excluding hydrogens is 268 g/mol. The average Bonchev–Trinajstić information content (AvgIpc) is 2.52. The molecule has 0 aliphatic heterocycles. The molecule has 1 heterocycles. The summed E-state index contributed by atoms with van der Waals surface area (Å²) in [5, 5.41) is 0. The Morgan fingerprint density at radius 2 is 1.90 bits per heavy atom. The first-order valence-electron chi connectivity index (χ1n) is 6.73. The quantitative estimate of drug-likeness (QED) is 0.626. The highest BCUT2D eigenvalue weighted by Crippen LogP contribution is 2.29. The summed E-state index contributed by atoms with van der Waals surface area (Å²) in [6, 6.07) is 9.54. The van der Waals surface area contributed by atoms with Gasteiger partial charge in [0.25, 0.3) is 0 Å². The summed E-state index contributed by atoms with van der Waals surface area (Å²) >= 11 is 0. The fourth-order valence-corrected chi connectivity index (χ4v) is 2.07. The number of nitrogens with two attached hydrogens (primary N) is 1. The van der Waals surface area contributed by atoms with E-state index in [0.717, 1.165) is 23.4 Å². The molecule has 2 rings (SSSR count). The molecule has 0 aliphatic carbocycles. The van der Waals surface area contributed by atoms with Crippen LogP contribution in [0.4, 0.5) is 5.69 Å². The van der Waals surface area contributed by atoms with Gasteiger partial charge < -0.3 is 19.9 Å². The second-order valence-electron chi connectivity index (χ2n) is 4.49. The molecule has 0 spiro atoms. The zero-order valence-corrected chi connectivity index (χ0v) is 12.3. The topological polar surface area (TPSA) is 66.6 Å². The number of pyridine rings is 1. The third-order valence-corrected chi connectivity index (χ3v) is 3.18. The van der Waals surface area contributed by atoms with Gasteiger partial charge in [0.05, 0.1) is 27.4 Å². The van der Waals surface area contributed by atoms with Crippen LogP contribution >= 0.6 is 0 Å². The van der Waals surface area contributed by atoms with Crippen molar-refractivity contribution < 1.29 is 14.2 Å². The zero-order chi connectivity index (χ0) is 15.1. The second kappa shape index (κ2) is 7.50. The van der Waals surface area contributed by atoms with Crippen LogP contribution in [-0.2, 0) is 17.8 Å². The number of hydrogen-bond donors (Lipinski definition) is 1. The molecule has 2 N–H and O–H groups in total. The van der Waals surface area contributed by atoms with E-state index in [-0.39, 0.29) is 0 Å². The fourth-order valence-electron chi connectivity index (χ4n) is 2.07. The first kappa shape index (κ1) is 15.1. The Balaban J connectivity index is 1.91. The van der Waals surface area contributed by atoms with Crippen molar-refractivity contribution in [1.82, 2.24) is 4.98 Å². The number of anilines is 1. The number of aromatic nitrogens is 1. The first-order chi connectivity index (χ1) is 10.3. The van der Waals surface area contributed by atoms with E-state index >= 15 is 0 Å². The highest BCUT2D eigenvalue weighted by Gasteiger charge is 2.10. The molecule has 5 heteroatoms. The van der Waals surface area contributed by atoms with Crippen LogP contribution in [0.25, 0.3) is 0 Å². The number of ether oxygens (including phenoxy) is 3. The predicted molar refractivity (Wildman–Crippen MR) is 81.6 cm³/mol. The zero-order valence-electron chi connectivity index (χ0n) is 12.3. The minimum absolute atomic E-state index is 0.368. The smallest absolute Gasteiger partial charge is 0.184 e. The molecule has 0 unspecified atom stereocenters. The van der Waals surface area contributed by atoms with Crippen molar-refractivity contribution in [3.05, 3.63) is 47.8 Å². The van der Waals surface area contributed by atoms with Gasteiger partial charge in [-0.3, -0.25) is 4.98 Å². The SMILES string of the molecule is COc1ccnc(COCCc2ccccc2N)c1OC. The summed E-state index contributed by atoms with van der Waals surface area (Å²) < 4.78 is 16.2. The van der Waals surface area contributed by atoms with Gasteiger partial charge in [-0.1, -0.05) is 18.2 Å². The van der Waals surface area contributed by atoms with E-state index in [0.29, 0.717) is 24.7 Å². The maximum atomic E-state index is 5.89. The van der Waals surface area contributed by atoms with Crippen molar-refractivity contribution in [3.63, 3.8) is 0 Å². The maximum absolute atomic E-state index is 5.89. The molecule has 2 aromatic rings. The van der Waals surface area contributed by atoms with Crippen LogP contribution in [0.2, 0.25) is 0 Å². The molecule has 0 saturated carbocycles. The fraction of sp³-hybridized carbons (Fsp3) is 0.312. The normalized spacial score (nSPS) is 10.4. The van der Waals surface area contributed by atoms with Crippen LogP contribution < -0.4 is 15.2 Å². The molecule has 112 valence electrons. The van der Waals surface area contributed by atoms with Gasteiger partial charge in [0.2, 0.25) is 0 Å². The predicted octanol–water partition coefficient (Wildman–Crippen LogP) is 2.44. The lowest BCUT2D eigenvalue weighted by Gasteiger charge is -2.12.